The van der Waals surface area contributed by atoms with Gasteiger partial charge in [-0.15, -0.1) is 0 Å². The number of benzene rings is 1. The Hall–Kier alpha value is -3.93. The van der Waals surface area contributed by atoms with Crippen LogP contribution in [0.3, 0.4) is 0 Å². The van der Waals surface area contributed by atoms with Gasteiger partial charge in [0.05, 0.1) is 11.4 Å². The third kappa shape index (κ3) is 2.72. The van der Waals surface area contributed by atoms with Crippen molar-refractivity contribution in [2.45, 2.75) is 25.4 Å². The van der Waals surface area contributed by atoms with E-state index in [1.165, 1.54) is 4.90 Å². The minimum atomic E-state index is -0.666. The molecule has 1 saturated heterocycles. The Morgan fingerprint density at radius 3 is 2.68 bits per heavy atom. The number of nitrogens with one attached hydrogen (secondary N) is 1. The fourth-order valence-corrected chi connectivity index (χ4v) is 3.59. The molecule has 4 rings (SSSR count). The maximum Gasteiger partial charge on any atom is 0.255 e. The standard InChI is InChI=1S/C19H16N6O3/c20-7-12-13(21)6-14(23-17(12)22)9-1-2-11-10(5-9)8-25(19(11)28)15-3-4-16(26)24-18(15)27/h1-2,5-6,15H,3-4,8H2,(H4,21,22,23)(H,24,26,27). The molecule has 2 aliphatic heterocycles. The van der Waals surface area contributed by atoms with Gasteiger partial charge in [0.2, 0.25) is 11.8 Å². The molecule has 9 nitrogen and oxygen atoms in total. The number of pyridine rings is 1. The van der Waals surface area contributed by atoms with Crippen molar-refractivity contribution in [1.82, 2.24) is 15.2 Å². The summed E-state index contributed by atoms with van der Waals surface area (Å²) in [4.78, 5) is 41.9. The number of nitrogen functional groups attached to an aromatic ring is 2. The van der Waals surface area contributed by atoms with Crippen molar-refractivity contribution >= 4 is 29.2 Å². The van der Waals surface area contributed by atoms with Crippen LogP contribution in [-0.2, 0) is 16.1 Å². The van der Waals surface area contributed by atoms with Crippen LogP contribution >= 0.6 is 0 Å². The van der Waals surface area contributed by atoms with E-state index in [4.69, 9.17) is 16.7 Å². The second-order valence-corrected chi connectivity index (χ2v) is 6.74. The summed E-state index contributed by atoms with van der Waals surface area (Å²) >= 11 is 0. The highest BCUT2D eigenvalue weighted by Gasteiger charge is 2.39. The molecule has 2 aliphatic rings. The van der Waals surface area contributed by atoms with Crippen molar-refractivity contribution in [3.8, 4) is 17.3 Å². The van der Waals surface area contributed by atoms with Gasteiger partial charge in [-0.25, -0.2) is 4.98 Å². The molecule has 140 valence electrons. The van der Waals surface area contributed by atoms with E-state index in [1.54, 1.807) is 24.3 Å². The van der Waals surface area contributed by atoms with Crippen molar-refractivity contribution in [3.63, 3.8) is 0 Å². The van der Waals surface area contributed by atoms with Gasteiger partial charge in [0, 0.05) is 24.1 Å². The zero-order valence-corrected chi connectivity index (χ0v) is 14.7. The number of piperidine rings is 1. The second-order valence-electron chi connectivity index (χ2n) is 6.74. The average Bonchev–Trinajstić information content (AvgIpc) is 2.97. The van der Waals surface area contributed by atoms with E-state index in [2.05, 4.69) is 10.3 Å². The molecular formula is C19H16N6O3. The summed E-state index contributed by atoms with van der Waals surface area (Å²) in [6.45, 7) is 0.259. The lowest BCUT2D eigenvalue weighted by Crippen LogP contribution is -2.52. The van der Waals surface area contributed by atoms with Crippen LogP contribution in [0.4, 0.5) is 11.5 Å². The summed E-state index contributed by atoms with van der Waals surface area (Å²) in [7, 11) is 0. The highest BCUT2D eigenvalue weighted by molar-refractivity contribution is 6.05. The molecule has 5 N–H and O–H groups in total. The number of rotatable bonds is 2. The Kier molecular flexibility index (Phi) is 3.96. The summed E-state index contributed by atoms with van der Waals surface area (Å²) in [6.07, 6.45) is 0.511. The quantitative estimate of drug-likeness (QED) is 0.646. The number of carbonyl (C=O) groups is 3. The molecule has 0 spiro atoms. The summed E-state index contributed by atoms with van der Waals surface area (Å²) in [5.74, 6) is -0.983. The van der Waals surface area contributed by atoms with Crippen LogP contribution < -0.4 is 16.8 Å². The summed E-state index contributed by atoms with van der Waals surface area (Å²) in [5, 5.41) is 11.3. The summed E-state index contributed by atoms with van der Waals surface area (Å²) in [6, 6.07) is 8.00. The highest BCUT2D eigenvalue weighted by atomic mass is 16.2. The molecule has 1 unspecified atom stereocenters. The lowest BCUT2D eigenvalue weighted by molar-refractivity contribution is -0.136. The molecule has 3 heterocycles. The van der Waals surface area contributed by atoms with Gasteiger partial charge in [-0.05, 0) is 30.2 Å². The predicted octanol–water partition coefficient (Wildman–Crippen LogP) is 0.546. The first kappa shape index (κ1) is 17.5. The molecule has 1 atom stereocenters. The van der Waals surface area contributed by atoms with Crippen LogP contribution in [0, 0.1) is 11.3 Å². The number of nitrogens with two attached hydrogens (primary N) is 2. The monoisotopic (exact) mass is 376 g/mol. The highest BCUT2D eigenvalue weighted by Crippen LogP contribution is 2.32. The number of anilines is 2. The molecule has 3 amide bonds. The molecule has 28 heavy (non-hydrogen) atoms. The summed E-state index contributed by atoms with van der Waals surface area (Å²) < 4.78 is 0. The SMILES string of the molecule is N#Cc1c(N)cc(-c2ccc3c(c2)CN(C2CCC(=O)NC2=O)C3=O)nc1N. The number of imide groups is 1. The Bertz CT molecular complexity index is 1060. The Balaban J connectivity index is 1.66. The maximum absolute atomic E-state index is 12.7. The third-order valence-electron chi connectivity index (χ3n) is 5.01. The van der Waals surface area contributed by atoms with Crippen molar-refractivity contribution in [2.75, 3.05) is 11.5 Å². The zero-order valence-electron chi connectivity index (χ0n) is 14.7. The van der Waals surface area contributed by atoms with Crippen LogP contribution in [0.1, 0.15) is 34.3 Å². The predicted molar refractivity (Wildman–Crippen MR) is 99.3 cm³/mol. The molecule has 0 bridgehead atoms. The van der Waals surface area contributed by atoms with Crippen LogP contribution in [0.2, 0.25) is 0 Å². The van der Waals surface area contributed by atoms with Crippen LogP contribution in [-0.4, -0.2) is 33.6 Å². The number of carbonyl (C=O) groups excluding carboxylic acids is 3. The number of hydrogen-bond acceptors (Lipinski definition) is 7. The number of hydrogen-bond donors (Lipinski definition) is 3. The Morgan fingerprint density at radius 1 is 1.21 bits per heavy atom. The second kappa shape index (κ2) is 6.35. The number of aromatic nitrogens is 1. The van der Waals surface area contributed by atoms with Crippen molar-refractivity contribution in [3.05, 3.63) is 41.0 Å². The fraction of sp³-hybridized carbons (Fsp3) is 0.211. The molecule has 0 radical (unpaired) electrons. The molecular weight excluding hydrogens is 360 g/mol. The van der Waals surface area contributed by atoms with Gasteiger partial charge < -0.3 is 16.4 Å². The average molecular weight is 376 g/mol. The van der Waals surface area contributed by atoms with E-state index >= 15 is 0 Å². The minimum Gasteiger partial charge on any atom is -0.397 e. The lowest BCUT2D eigenvalue weighted by Gasteiger charge is -2.29. The van der Waals surface area contributed by atoms with Crippen molar-refractivity contribution in [2.24, 2.45) is 0 Å². The minimum absolute atomic E-state index is 0.0410. The Labute approximate surface area is 159 Å². The lowest BCUT2D eigenvalue weighted by atomic mass is 10.0. The number of nitrogens with zero attached hydrogens (tertiary/aromatic N) is 3. The molecule has 2 aromatic rings. The molecule has 1 aromatic carbocycles. The molecule has 9 heteroatoms. The van der Waals surface area contributed by atoms with E-state index in [1.807, 2.05) is 6.07 Å². The van der Waals surface area contributed by atoms with Crippen molar-refractivity contribution < 1.29 is 14.4 Å². The van der Waals surface area contributed by atoms with Gasteiger partial charge in [0.15, 0.2) is 0 Å². The topological polar surface area (TPSA) is 155 Å². The Morgan fingerprint density at radius 2 is 2.00 bits per heavy atom. The normalized spacial score (nSPS) is 18.6. The van der Waals surface area contributed by atoms with E-state index in [0.29, 0.717) is 23.2 Å². The molecule has 1 aromatic heterocycles. The first-order valence-corrected chi connectivity index (χ1v) is 8.63. The van der Waals surface area contributed by atoms with Gasteiger partial charge >= 0.3 is 0 Å². The van der Waals surface area contributed by atoms with Crippen LogP contribution in [0.5, 0.6) is 0 Å². The number of amides is 3. The maximum atomic E-state index is 12.7. The van der Waals surface area contributed by atoms with E-state index in [-0.39, 0.29) is 41.8 Å². The molecule has 0 aliphatic carbocycles. The van der Waals surface area contributed by atoms with E-state index in [9.17, 15) is 14.4 Å². The smallest absolute Gasteiger partial charge is 0.255 e. The first-order valence-electron chi connectivity index (χ1n) is 8.63. The summed E-state index contributed by atoms with van der Waals surface area (Å²) in [5.41, 5.74) is 14.5. The van der Waals surface area contributed by atoms with E-state index < -0.39 is 11.9 Å². The van der Waals surface area contributed by atoms with Gasteiger partial charge in [0.25, 0.3) is 5.91 Å². The fourth-order valence-electron chi connectivity index (χ4n) is 3.59. The zero-order chi connectivity index (χ0) is 20.0. The van der Waals surface area contributed by atoms with E-state index in [0.717, 1.165) is 5.56 Å². The van der Waals surface area contributed by atoms with Crippen LogP contribution in [0.25, 0.3) is 11.3 Å². The molecule has 1 fully saturated rings. The van der Waals surface area contributed by atoms with Gasteiger partial charge in [0.1, 0.15) is 23.5 Å². The van der Waals surface area contributed by atoms with Crippen molar-refractivity contribution in [1.29, 1.82) is 5.26 Å². The number of nitriles is 1. The first-order chi connectivity index (χ1) is 13.4. The largest absolute Gasteiger partial charge is 0.397 e. The number of fused-ring (bicyclic) bond motifs is 1. The van der Waals surface area contributed by atoms with Gasteiger partial charge in [-0.3, -0.25) is 19.7 Å². The van der Waals surface area contributed by atoms with Crippen LogP contribution in [0.15, 0.2) is 24.3 Å². The molecule has 0 saturated carbocycles. The van der Waals surface area contributed by atoms with Gasteiger partial charge in [-0.2, -0.15) is 5.26 Å². The van der Waals surface area contributed by atoms with Gasteiger partial charge in [-0.1, -0.05) is 6.07 Å². The third-order valence-corrected chi connectivity index (χ3v) is 5.01.